The molecule has 0 fully saturated rings. The van der Waals surface area contributed by atoms with Crippen LogP contribution in [0.3, 0.4) is 0 Å². The first kappa shape index (κ1) is 46.8. The van der Waals surface area contributed by atoms with Gasteiger partial charge < -0.3 is 15.2 Å². The van der Waals surface area contributed by atoms with Gasteiger partial charge in [0.2, 0.25) is 5.91 Å². The summed E-state index contributed by atoms with van der Waals surface area (Å²) in [5, 5.41) is 12.5. The van der Waals surface area contributed by atoms with Crippen LogP contribution >= 0.6 is 0 Å². The first-order valence-electron chi connectivity index (χ1n) is 18.8. The highest BCUT2D eigenvalue weighted by Gasteiger charge is 2.22. The predicted octanol–water partition coefficient (Wildman–Crippen LogP) is 9.46. The first-order chi connectivity index (χ1) is 23.1. The Balaban J connectivity index is 4.72. The van der Waals surface area contributed by atoms with Crippen molar-refractivity contribution in [1.82, 2.24) is 5.32 Å². The van der Waals surface area contributed by atoms with Gasteiger partial charge in [-0.15, -0.1) is 0 Å². The van der Waals surface area contributed by atoms with Crippen molar-refractivity contribution in [2.24, 2.45) is 17.8 Å². The molecule has 4 atom stereocenters. The van der Waals surface area contributed by atoms with Crippen LogP contribution < -0.4 is 5.32 Å². The zero-order valence-corrected chi connectivity index (χ0v) is 32.5. The van der Waals surface area contributed by atoms with E-state index in [1.807, 2.05) is 20.8 Å². The number of carbonyl (C=O) groups excluding carboxylic acids is 2. The zero-order valence-electron chi connectivity index (χ0n) is 31.7. The number of aliphatic hydroxyl groups is 1. The second kappa shape index (κ2) is 28.5. The molecule has 0 aliphatic rings. The van der Waals surface area contributed by atoms with Gasteiger partial charge in [0, 0.05) is 19.4 Å². The van der Waals surface area contributed by atoms with E-state index < -0.39 is 21.5 Å². The molecule has 0 spiro atoms. The van der Waals surface area contributed by atoms with E-state index in [2.05, 4.69) is 74.7 Å². The zero-order chi connectivity index (χ0) is 37.0. The number of allylic oxidation sites excluding steroid dienone is 8. The van der Waals surface area contributed by atoms with E-state index in [9.17, 15) is 23.1 Å². The molecule has 2 unspecified atom stereocenters. The van der Waals surface area contributed by atoms with E-state index in [1.54, 1.807) is 0 Å². The van der Waals surface area contributed by atoms with Crippen molar-refractivity contribution in [3.8, 4) is 0 Å². The highest BCUT2D eigenvalue weighted by molar-refractivity contribution is 7.85. The summed E-state index contributed by atoms with van der Waals surface area (Å²) in [6, 6.07) is 0. The number of hydrogen-bond donors (Lipinski definition) is 3. The Hall–Kier alpha value is -2.23. The Morgan fingerprint density at radius 2 is 1.33 bits per heavy atom. The van der Waals surface area contributed by atoms with Crippen LogP contribution in [0.25, 0.3) is 0 Å². The molecule has 0 saturated carbocycles. The summed E-state index contributed by atoms with van der Waals surface area (Å²) >= 11 is 0. The van der Waals surface area contributed by atoms with Crippen LogP contribution in [0.1, 0.15) is 151 Å². The van der Waals surface area contributed by atoms with Gasteiger partial charge in [0.1, 0.15) is 6.10 Å². The largest absolute Gasteiger partial charge is 0.462 e. The summed E-state index contributed by atoms with van der Waals surface area (Å²) < 4.78 is 36.8. The quantitative estimate of drug-likeness (QED) is 0.0293. The second-order valence-corrected chi connectivity index (χ2v) is 16.2. The van der Waals surface area contributed by atoms with Crippen molar-refractivity contribution >= 4 is 22.0 Å². The molecule has 0 radical (unpaired) electrons. The number of esters is 1. The lowest BCUT2D eigenvalue weighted by atomic mass is 9.89. The van der Waals surface area contributed by atoms with Crippen LogP contribution in [0, 0.1) is 17.8 Å². The van der Waals surface area contributed by atoms with Gasteiger partial charge in [-0.2, -0.15) is 8.42 Å². The molecule has 0 saturated heterocycles. The van der Waals surface area contributed by atoms with Crippen LogP contribution in [-0.2, 0) is 24.4 Å². The molecule has 0 rings (SSSR count). The minimum atomic E-state index is -4.13. The third-order valence-electron chi connectivity index (χ3n) is 8.44. The van der Waals surface area contributed by atoms with Crippen molar-refractivity contribution in [3.05, 3.63) is 48.6 Å². The van der Waals surface area contributed by atoms with Gasteiger partial charge in [0.15, 0.2) is 0 Å². The van der Waals surface area contributed by atoms with Crippen LogP contribution in [0.4, 0.5) is 0 Å². The normalized spacial score (nSPS) is 15.3. The van der Waals surface area contributed by atoms with E-state index in [0.29, 0.717) is 24.7 Å². The molecule has 284 valence electrons. The molecule has 3 N–H and O–H groups in total. The van der Waals surface area contributed by atoms with Gasteiger partial charge in [-0.05, 0) is 95.8 Å². The fourth-order valence-corrected chi connectivity index (χ4v) is 6.08. The molecule has 0 aliphatic heterocycles. The fourth-order valence-electron chi connectivity index (χ4n) is 5.72. The molecule has 0 aromatic carbocycles. The van der Waals surface area contributed by atoms with Crippen molar-refractivity contribution in [2.75, 3.05) is 12.3 Å². The second-order valence-electron chi connectivity index (χ2n) is 14.6. The van der Waals surface area contributed by atoms with Gasteiger partial charge in [-0.25, -0.2) is 0 Å². The Bertz CT molecular complexity index is 1090. The van der Waals surface area contributed by atoms with Crippen molar-refractivity contribution in [2.45, 2.75) is 162 Å². The molecular weight excluding hydrogens is 639 g/mol. The SMILES string of the molecule is CC/C=C\C/C=C\C/C=C\C/C=C\CCCCC(=O)OC(CC(C)CC(=O)NCCS(=O)(=O)O)C[C@H](C)CCC[C@H](C)CCCC(C)(C)O. The van der Waals surface area contributed by atoms with E-state index in [0.717, 1.165) is 89.9 Å². The first-order valence-corrected chi connectivity index (χ1v) is 20.5. The van der Waals surface area contributed by atoms with Crippen LogP contribution in [0.2, 0.25) is 0 Å². The maximum Gasteiger partial charge on any atom is 0.306 e. The Kier molecular flexibility index (Phi) is 27.2. The molecule has 0 heterocycles. The summed E-state index contributed by atoms with van der Waals surface area (Å²) in [6.07, 6.45) is 31.6. The lowest BCUT2D eigenvalue weighted by Gasteiger charge is -2.25. The Labute approximate surface area is 300 Å². The fraction of sp³-hybridized carbons (Fsp3) is 0.750. The van der Waals surface area contributed by atoms with Gasteiger partial charge in [-0.3, -0.25) is 14.1 Å². The number of carbonyl (C=O) groups is 2. The molecule has 0 aromatic rings. The monoisotopic (exact) mass is 709 g/mol. The number of rotatable bonds is 30. The van der Waals surface area contributed by atoms with Gasteiger partial charge in [0.25, 0.3) is 10.1 Å². The van der Waals surface area contributed by atoms with E-state index in [1.165, 1.54) is 0 Å². The van der Waals surface area contributed by atoms with E-state index in [4.69, 9.17) is 9.29 Å². The molecule has 0 aromatic heterocycles. The maximum absolute atomic E-state index is 12.8. The Morgan fingerprint density at radius 1 is 0.776 bits per heavy atom. The number of unbranched alkanes of at least 4 members (excludes halogenated alkanes) is 2. The molecule has 8 nitrogen and oxygen atoms in total. The van der Waals surface area contributed by atoms with Crippen LogP contribution in [0.5, 0.6) is 0 Å². The molecule has 49 heavy (non-hydrogen) atoms. The summed E-state index contributed by atoms with van der Waals surface area (Å²) in [4.78, 5) is 25.2. The van der Waals surface area contributed by atoms with Crippen LogP contribution in [0.15, 0.2) is 48.6 Å². The smallest absolute Gasteiger partial charge is 0.306 e. The van der Waals surface area contributed by atoms with Gasteiger partial charge in [0.05, 0.1) is 11.4 Å². The van der Waals surface area contributed by atoms with Gasteiger partial charge >= 0.3 is 5.97 Å². The molecule has 1 amide bonds. The predicted molar refractivity (Wildman–Crippen MR) is 204 cm³/mol. The molecule has 0 aliphatic carbocycles. The van der Waals surface area contributed by atoms with Crippen LogP contribution in [-0.4, -0.2) is 54.0 Å². The maximum atomic E-state index is 12.8. The van der Waals surface area contributed by atoms with E-state index in [-0.39, 0.29) is 36.9 Å². The number of hydrogen-bond acceptors (Lipinski definition) is 6. The minimum Gasteiger partial charge on any atom is -0.462 e. The summed E-state index contributed by atoms with van der Waals surface area (Å²) in [5.74, 6) is -0.124. The summed E-state index contributed by atoms with van der Waals surface area (Å²) in [6.45, 7) is 12.1. The number of amides is 1. The number of nitrogens with one attached hydrogen (secondary N) is 1. The third-order valence-corrected chi connectivity index (χ3v) is 9.16. The average Bonchev–Trinajstić information content (AvgIpc) is 2.97. The Morgan fingerprint density at radius 3 is 1.92 bits per heavy atom. The lowest BCUT2D eigenvalue weighted by molar-refractivity contribution is -0.150. The topological polar surface area (TPSA) is 130 Å². The van der Waals surface area contributed by atoms with Crippen molar-refractivity contribution in [3.63, 3.8) is 0 Å². The summed E-state index contributed by atoms with van der Waals surface area (Å²) in [5.41, 5.74) is -0.614. The van der Waals surface area contributed by atoms with Gasteiger partial charge in [-0.1, -0.05) is 108 Å². The highest BCUT2D eigenvalue weighted by Crippen LogP contribution is 2.25. The minimum absolute atomic E-state index is 0.0651. The van der Waals surface area contributed by atoms with Crippen molar-refractivity contribution < 1.29 is 32.4 Å². The molecular formula is C40H71NO7S. The lowest BCUT2D eigenvalue weighted by Crippen LogP contribution is -2.31. The molecule has 0 bridgehead atoms. The summed E-state index contributed by atoms with van der Waals surface area (Å²) in [7, 11) is -4.13. The number of ether oxygens (including phenoxy) is 1. The highest BCUT2D eigenvalue weighted by atomic mass is 32.2. The van der Waals surface area contributed by atoms with Crippen molar-refractivity contribution in [1.29, 1.82) is 0 Å². The standard InChI is InChI=1S/C40H71NO7S/c1-7-8-9-10-11-12-13-14-15-16-17-18-19-20-21-27-39(43)48-37(32-36(4)33-38(42)41-29-30-49(45,46)47)31-35(3)25-22-24-34(2)26-23-28-40(5,6)44/h8-9,11-12,14-15,17-18,34-37,44H,7,10,13,16,19-33H2,1-6H3,(H,41,42)(H,45,46,47)/b9-8-,12-11-,15-14-,18-17-/t34-,35+,36?,37?/m0/s1. The molecule has 9 heteroatoms. The average molecular weight is 710 g/mol. The third kappa shape index (κ3) is 34.0. The van der Waals surface area contributed by atoms with E-state index >= 15 is 0 Å².